The number of amides is 2. The predicted octanol–water partition coefficient (Wildman–Crippen LogP) is 1.67. The summed E-state index contributed by atoms with van der Waals surface area (Å²) in [6, 6.07) is 3.04. The molecule has 1 heterocycles. The van der Waals surface area contributed by atoms with Crippen molar-refractivity contribution in [3.05, 3.63) is 29.6 Å². The van der Waals surface area contributed by atoms with Crippen molar-refractivity contribution in [2.75, 3.05) is 18.4 Å². The SMILES string of the molecule is CCN(CC)C(=O)C(C)NC1C(=O)Nc2cc(F)ccc21. The molecule has 1 aromatic carbocycles. The highest BCUT2D eigenvalue weighted by Gasteiger charge is 2.33. The van der Waals surface area contributed by atoms with Crippen molar-refractivity contribution in [2.24, 2.45) is 0 Å². The Morgan fingerprint density at radius 2 is 2.10 bits per heavy atom. The minimum Gasteiger partial charge on any atom is -0.342 e. The molecule has 6 heteroatoms. The Labute approximate surface area is 123 Å². The first kappa shape index (κ1) is 15.4. The third kappa shape index (κ3) is 3.05. The molecule has 0 saturated carbocycles. The number of rotatable bonds is 5. The number of likely N-dealkylation sites (N-methyl/N-ethyl adjacent to an activating group) is 1. The second-order valence-corrected chi connectivity index (χ2v) is 5.05. The Morgan fingerprint density at radius 1 is 1.43 bits per heavy atom. The van der Waals surface area contributed by atoms with Gasteiger partial charge in [0.1, 0.15) is 11.9 Å². The van der Waals surface area contributed by atoms with Crippen LogP contribution in [0.4, 0.5) is 10.1 Å². The van der Waals surface area contributed by atoms with E-state index in [1.807, 2.05) is 13.8 Å². The normalized spacial score (nSPS) is 18.1. The molecule has 0 bridgehead atoms. The monoisotopic (exact) mass is 293 g/mol. The van der Waals surface area contributed by atoms with Crippen LogP contribution in [0.25, 0.3) is 0 Å². The van der Waals surface area contributed by atoms with E-state index in [9.17, 15) is 14.0 Å². The molecule has 5 nitrogen and oxygen atoms in total. The van der Waals surface area contributed by atoms with Gasteiger partial charge in [-0.25, -0.2) is 4.39 Å². The molecule has 0 aliphatic carbocycles. The lowest BCUT2D eigenvalue weighted by atomic mass is 10.1. The molecule has 0 spiro atoms. The van der Waals surface area contributed by atoms with Crippen molar-refractivity contribution >= 4 is 17.5 Å². The maximum absolute atomic E-state index is 13.2. The van der Waals surface area contributed by atoms with Crippen LogP contribution in [0.5, 0.6) is 0 Å². The molecule has 1 aliphatic heterocycles. The van der Waals surface area contributed by atoms with E-state index in [-0.39, 0.29) is 11.8 Å². The van der Waals surface area contributed by atoms with Crippen molar-refractivity contribution in [1.29, 1.82) is 0 Å². The summed E-state index contributed by atoms with van der Waals surface area (Å²) in [6.45, 7) is 6.80. The van der Waals surface area contributed by atoms with Crippen molar-refractivity contribution in [3.8, 4) is 0 Å². The Hall–Kier alpha value is -1.95. The van der Waals surface area contributed by atoms with Gasteiger partial charge in [-0.15, -0.1) is 0 Å². The topological polar surface area (TPSA) is 61.4 Å². The van der Waals surface area contributed by atoms with Gasteiger partial charge in [0, 0.05) is 24.3 Å². The second kappa shape index (κ2) is 6.22. The average molecular weight is 293 g/mol. The number of hydrogen-bond donors (Lipinski definition) is 2. The van der Waals surface area contributed by atoms with E-state index < -0.39 is 17.9 Å². The summed E-state index contributed by atoms with van der Waals surface area (Å²) in [6.07, 6.45) is 0. The Bertz CT molecular complexity index is 558. The molecule has 2 atom stereocenters. The van der Waals surface area contributed by atoms with Crippen LogP contribution in [0.2, 0.25) is 0 Å². The fraction of sp³-hybridized carbons (Fsp3) is 0.467. The summed E-state index contributed by atoms with van der Waals surface area (Å²) in [5, 5.41) is 5.65. The van der Waals surface area contributed by atoms with Gasteiger partial charge in [0.25, 0.3) is 0 Å². The van der Waals surface area contributed by atoms with E-state index in [0.717, 1.165) is 0 Å². The van der Waals surface area contributed by atoms with Crippen LogP contribution in [0.15, 0.2) is 18.2 Å². The number of fused-ring (bicyclic) bond motifs is 1. The quantitative estimate of drug-likeness (QED) is 0.868. The molecule has 1 aliphatic rings. The number of hydrogen-bond acceptors (Lipinski definition) is 3. The van der Waals surface area contributed by atoms with Gasteiger partial charge in [0.2, 0.25) is 11.8 Å². The van der Waals surface area contributed by atoms with Gasteiger partial charge in [-0.2, -0.15) is 0 Å². The summed E-state index contributed by atoms with van der Waals surface area (Å²) in [5.74, 6) is -0.722. The first-order valence-electron chi connectivity index (χ1n) is 7.13. The first-order chi connectivity index (χ1) is 9.97. The van der Waals surface area contributed by atoms with Gasteiger partial charge in [0.05, 0.1) is 6.04 Å². The van der Waals surface area contributed by atoms with E-state index in [1.165, 1.54) is 12.1 Å². The lowest BCUT2D eigenvalue weighted by Gasteiger charge is -2.25. The van der Waals surface area contributed by atoms with Crippen molar-refractivity contribution in [1.82, 2.24) is 10.2 Å². The Morgan fingerprint density at radius 3 is 2.71 bits per heavy atom. The average Bonchev–Trinajstić information content (AvgIpc) is 2.75. The van der Waals surface area contributed by atoms with Gasteiger partial charge in [-0.1, -0.05) is 6.07 Å². The van der Waals surface area contributed by atoms with Crippen LogP contribution in [0.3, 0.4) is 0 Å². The number of carbonyl (C=O) groups excluding carboxylic acids is 2. The summed E-state index contributed by atoms with van der Waals surface area (Å²) >= 11 is 0. The Balaban J connectivity index is 2.13. The van der Waals surface area contributed by atoms with E-state index in [4.69, 9.17) is 0 Å². The van der Waals surface area contributed by atoms with Gasteiger partial charge in [-0.05, 0) is 32.9 Å². The minimum atomic E-state index is -0.630. The highest BCUT2D eigenvalue weighted by Crippen LogP contribution is 2.31. The van der Waals surface area contributed by atoms with Gasteiger partial charge < -0.3 is 10.2 Å². The van der Waals surface area contributed by atoms with E-state index in [0.29, 0.717) is 24.3 Å². The number of anilines is 1. The fourth-order valence-corrected chi connectivity index (χ4v) is 2.53. The van der Waals surface area contributed by atoms with Crippen LogP contribution in [0, 0.1) is 5.82 Å². The largest absolute Gasteiger partial charge is 0.342 e. The number of carbonyl (C=O) groups is 2. The number of halogens is 1. The maximum Gasteiger partial charge on any atom is 0.246 e. The summed E-state index contributed by atoms with van der Waals surface area (Å²) < 4.78 is 13.2. The van der Waals surface area contributed by atoms with E-state index in [1.54, 1.807) is 17.9 Å². The standard InChI is InChI=1S/C15H20FN3O2/c1-4-19(5-2)15(21)9(3)17-13-11-7-6-10(16)8-12(11)18-14(13)20/h6-9,13,17H,4-5H2,1-3H3,(H,18,20). The number of nitrogens with one attached hydrogen (secondary N) is 2. The van der Waals surface area contributed by atoms with Gasteiger partial charge >= 0.3 is 0 Å². The molecular formula is C15H20FN3O2. The summed E-state index contributed by atoms with van der Waals surface area (Å²) in [5.41, 5.74) is 1.13. The van der Waals surface area contributed by atoms with Crippen LogP contribution in [0.1, 0.15) is 32.4 Å². The molecule has 2 N–H and O–H groups in total. The minimum absolute atomic E-state index is 0.0524. The molecular weight excluding hydrogens is 273 g/mol. The van der Waals surface area contributed by atoms with Crippen molar-refractivity contribution in [3.63, 3.8) is 0 Å². The molecule has 2 rings (SSSR count). The van der Waals surface area contributed by atoms with Crippen molar-refractivity contribution < 1.29 is 14.0 Å². The Kier molecular flexibility index (Phi) is 4.57. The van der Waals surface area contributed by atoms with E-state index >= 15 is 0 Å². The first-order valence-corrected chi connectivity index (χ1v) is 7.13. The van der Waals surface area contributed by atoms with Crippen LogP contribution >= 0.6 is 0 Å². The molecule has 0 radical (unpaired) electrons. The summed E-state index contributed by atoms with van der Waals surface area (Å²) in [4.78, 5) is 25.9. The zero-order valence-corrected chi connectivity index (χ0v) is 12.4. The van der Waals surface area contributed by atoms with Crippen LogP contribution in [-0.4, -0.2) is 35.8 Å². The third-order valence-electron chi connectivity index (χ3n) is 3.71. The molecule has 2 unspecified atom stereocenters. The second-order valence-electron chi connectivity index (χ2n) is 5.05. The summed E-state index contributed by atoms with van der Waals surface area (Å²) in [7, 11) is 0. The van der Waals surface area contributed by atoms with Crippen molar-refractivity contribution in [2.45, 2.75) is 32.9 Å². The smallest absolute Gasteiger partial charge is 0.246 e. The van der Waals surface area contributed by atoms with Gasteiger partial charge in [-0.3, -0.25) is 14.9 Å². The fourth-order valence-electron chi connectivity index (χ4n) is 2.53. The molecule has 0 fully saturated rings. The molecule has 21 heavy (non-hydrogen) atoms. The third-order valence-corrected chi connectivity index (χ3v) is 3.71. The highest BCUT2D eigenvalue weighted by molar-refractivity contribution is 6.02. The molecule has 0 aromatic heterocycles. The zero-order valence-electron chi connectivity index (χ0n) is 12.4. The molecule has 114 valence electrons. The predicted molar refractivity (Wildman–Crippen MR) is 78.3 cm³/mol. The van der Waals surface area contributed by atoms with Gasteiger partial charge in [0.15, 0.2) is 0 Å². The van der Waals surface area contributed by atoms with Crippen LogP contribution < -0.4 is 10.6 Å². The van der Waals surface area contributed by atoms with E-state index in [2.05, 4.69) is 10.6 Å². The molecule has 2 amide bonds. The lowest BCUT2D eigenvalue weighted by Crippen LogP contribution is -2.47. The number of benzene rings is 1. The maximum atomic E-state index is 13.2. The van der Waals surface area contributed by atoms with Crippen LogP contribution in [-0.2, 0) is 9.59 Å². The highest BCUT2D eigenvalue weighted by atomic mass is 19.1. The molecule has 1 aromatic rings. The lowest BCUT2D eigenvalue weighted by molar-refractivity contribution is -0.133. The number of nitrogens with zero attached hydrogens (tertiary/aromatic N) is 1. The molecule has 0 saturated heterocycles. The zero-order chi connectivity index (χ0) is 15.6.